The molecule has 2 rings (SSSR count). The first kappa shape index (κ1) is 16.0. The molecule has 0 spiro atoms. The van der Waals surface area contributed by atoms with E-state index in [1.807, 2.05) is 32.2 Å². The van der Waals surface area contributed by atoms with E-state index in [0.29, 0.717) is 0 Å². The lowest BCUT2D eigenvalue weighted by molar-refractivity contribution is 0.241. The van der Waals surface area contributed by atoms with E-state index in [9.17, 15) is 0 Å². The number of rotatable bonds is 6. The number of pyridine rings is 1. The summed E-state index contributed by atoms with van der Waals surface area (Å²) in [5.74, 6) is 0.806. The highest BCUT2D eigenvalue weighted by atomic mass is 79.9. The molecule has 4 heteroatoms. The Kier molecular flexibility index (Phi) is 5.76. The molecule has 0 saturated heterocycles. The highest BCUT2D eigenvalue weighted by Crippen LogP contribution is 2.26. The third-order valence-electron chi connectivity index (χ3n) is 3.03. The van der Waals surface area contributed by atoms with Gasteiger partial charge in [-0.25, -0.2) is 0 Å². The number of halogens is 1. The monoisotopic (exact) mass is 348 g/mol. The largest absolute Gasteiger partial charge is 0.489 e. The summed E-state index contributed by atoms with van der Waals surface area (Å²) < 4.78 is 6.82. The van der Waals surface area contributed by atoms with Gasteiger partial charge in [0.25, 0.3) is 0 Å². The highest BCUT2D eigenvalue weighted by molar-refractivity contribution is 9.10. The summed E-state index contributed by atoms with van der Waals surface area (Å²) in [6, 6.07) is 10.5. The van der Waals surface area contributed by atoms with Gasteiger partial charge in [-0.05, 0) is 49.7 Å². The summed E-state index contributed by atoms with van der Waals surface area (Å²) in [5.41, 5.74) is 2.31. The first-order valence-electron chi connectivity index (χ1n) is 7.20. The van der Waals surface area contributed by atoms with Crippen LogP contribution >= 0.6 is 15.9 Å². The maximum atomic E-state index is 5.74. The Bertz CT molecular complexity index is 587. The first-order chi connectivity index (χ1) is 10.1. The summed E-state index contributed by atoms with van der Waals surface area (Å²) in [6.45, 7) is 7.02. The third kappa shape index (κ3) is 4.55. The van der Waals surface area contributed by atoms with Gasteiger partial charge in [-0.15, -0.1) is 0 Å². The van der Waals surface area contributed by atoms with E-state index in [1.165, 1.54) is 5.56 Å². The fourth-order valence-corrected chi connectivity index (χ4v) is 2.67. The second-order valence-electron chi connectivity index (χ2n) is 5.17. The van der Waals surface area contributed by atoms with Crippen LogP contribution in [0.2, 0.25) is 0 Å². The summed E-state index contributed by atoms with van der Waals surface area (Å²) >= 11 is 3.53. The van der Waals surface area contributed by atoms with Crippen LogP contribution in [0.1, 0.15) is 37.9 Å². The molecule has 0 aliphatic heterocycles. The Morgan fingerprint density at radius 1 is 1.19 bits per heavy atom. The van der Waals surface area contributed by atoms with Crippen molar-refractivity contribution in [3.8, 4) is 5.75 Å². The van der Waals surface area contributed by atoms with Crippen molar-refractivity contribution in [3.63, 3.8) is 0 Å². The standard InChI is InChI=1S/C17H21BrN2O/c1-4-20-17(13-6-5-7-15(18)8-13)14-9-16(11-19-10-14)21-12(2)3/h5-12,17,20H,4H2,1-3H3. The van der Waals surface area contributed by atoms with Crippen LogP contribution in [-0.2, 0) is 0 Å². The maximum absolute atomic E-state index is 5.74. The summed E-state index contributed by atoms with van der Waals surface area (Å²) in [5, 5.41) is 3.51. The Labute approximate surface area is 134 Å². The highest BCUT2D eigenvalue weighted by Gasteiger charge is 2.14. The van der Waals surface area contributed by atoms with Crippen molar-refractivity contribution < 1.29 is 4.74 Å². The molecule has 2 aromatic rings. The van der Waals surface area contributed by atoms with Crippen molar-refractivity contribution in [2.75, 3.05) is 6.54 Å². The average molecular weight is 349 g/mol. The molecule has 1 unspecified atom stereocenters. The van der Waals surface area contributed by atoms with Crippen molar-refractivity contribution in [1.29, 1.82) is 0 Å². The molecule has 1 atom stereocenters. The van der Waals surface area contributed by atoms with Gasteiger partial charge in [0.2, 0.25) is 0 Å². The fourth-order valence-electron chi connectivity index (χ4n) is 2.25. The van der Waals surface area contributed by atoms with Crippen LogP contribution in [0.15, 0.2) is 47.2 Å². The van der Waals surface area contributed by atoms with E-state index in [1.54, 1.807) is 6.20 Å². The number of hydrogen-bond acceptors (Lipinski definition) is 3. The van der Waals surface area contributed by atoms with Gasteiger partial charge in [0, 0.05) is 10.7 Å². The smallest absolute Gasteiger partial charge is 0.138 e. The zero-order valence-corrected chi connectivity index (χ0v) is 14.2. The predicted octanol–water partition coefficient (Wildman–Crippen LogP) is 4.33. The van der Waals surface area contributed by atoms with E-state index < -0.39 is 0 Å². The normalized spacial score (nSPS) is 12.4. The zero-order chi connectivity index (χ0) is 15.2. The third-order valence-corrected chi connectivity index (χ3v) is 3.52. The second kappa shape index (κ2) is 7.57. The lowest BCUT2D eigenvalue weighted by atomic mass is 10.00. The van der Waals surface area contributed by atoms with Gasteiger partial charge < -0.3 is 10.1 Å². The Morgan fingerprint density at radius 2 is 2.00 bits per heavy atom. The van der Waals surface area contributed by atoms with Gasteiger partial charge in [-0.2, -0.15) is 0 Å². The van der Waals surface area contributed by atoms with Crippen LogP contribution in [0.3, 0.4) is 0 Å². The summed E-state index contributed by atoms with van der Waals surface area (Å²) in [7, 11) is 0. The number of hydrogen-bond donors (Lipinski definition) is 1. The van der Waals surface area contributed by atoms with Crippen LogP contribution in [0.5, 0.6) is 5.75 Å². The number of aromatic nitrogens is 1. The molecule has 0 radical (unpaired) electrons. The van der Waals surface area contributed by atoms with E-state index in [0.717, 1.165) is 22.3 Å². The lowest BCUT2D eigenvalue weighted by Gasteiger charge is -2.20. The maximum Gasteiger partial charge on any atom is 0.138 e. The Hall–Kier alpha value is -1.39. The Morgan fingerprint density at radius 3 is 2.67 bits per heavy atom. The van der Waals surface area contributed by atoms with E-state index in [2.05, 4.69) is 51.4 Å². The minimum Gasteiger partial charge on any atom is -0.489 e. The zero-order valence-electron chi connectivity index (χ0n) is 12.6. The quantitative estimate of drug-likeness (QED) is 0.843. The van der Waals surface area contributed by atoms with Gasteiger partial charge in [0.15, 0.2) is 0 Å². The molecule has 0 fully saturated rings. The van der Waals surface area contributed by atoms with Crippen molar-refractivity contribution in [1.82, 2.24) is 10.3 Å². The van der Waals surface area contributed by atoms with Crippen LogP contribution in [0.4, 0.5) is 0 Å². The molecule has 0 aliphatic rings. The van der Waals surface area contributed by atoms with E-state index >= 15 is 0 Å². The van der Waals surface area contributed by atoms with Gasteiger partial charge in [0.1, 0.15) is 5.75 Å². The van der Waals surface area contributed by atoms with Crippen LogP contribution in [0, 0.1) is 0 Å². The van der Waals surface area contributed by atoms with Crippen molar-refractivity contribution in [3.05, 3.63) is 58.3 Å². The molecule has 1 N–H and O–H groups in total. The van der Waals surface area contributed by atoms with Crippen LogP contribution in [0.25, 0.3) is 0 Å². The molecule has 112 valence electrons. The number of nitrogens with zero attached hydrogens (tertiary/aromatic N) is 1. The summed E-state index contributed by atoms with van der Waals surface area (Å²) in [6.07, 6.45) is 3.79. The molecule has 3 nitrogen and oxygen atoms in total. The number of ether oxygens (including phenoxy) is 1. The molecular weight excluding hydrogens is 328 g/mol. The van der Waals surface area contributed by atoms with Gasteiger partial charge in [-0.3, -0.25) is 4.98 Å². The summed E-state index contributed by atoms with van der Waals surface area (Å²) in [4.78, 5) is 4.31. The molecule has 1 aromatic carbocycles. The van der Waals surface area contributed by atoms with Crippen molar-refractivity contribution >= 4 is 15.9 Å². The van der Waals surface area contributed by atoms with E-state index in [4.69, 9.17) is 4.74 Å². The molecular formula is C17H21BrN2O. The van der Waals surface area contributed by atoms with Crippen LogP contribution < -0.4 is 10.1 Å². The number of benzene rings is 1. The molecule has 0 aliphatic carbocycles. The molecule has 0 saturated carbocycles. The van der Waals surface area contributed by atoms with Crippen LogP contribution in [-0.4, -0.2) is 17.6 Å². The Balaban J connectivity index is 2.34. The molecule has 21 heavy (non-hydrogen) atoms. The molecule has 1 aromatic heterocycles. The minimum atomic E-state index is 0.107. The second-order valence-corrected chi connectivity index (χ2v) is 6.08. The molecule has 0 bridgehead atoms. The average Bonchev–Trinajstić information content (AvgIpc) is 2.44. The molecule has 1 heterocycles. The number of nitrogens with one attached hydrogen (secondary N) is 1. The van der Waals surface area contributed by atoms with Gasteiger partial charge in [-0.1, -0.05) is 35.0 Å². The first-order valence-corrected chi connectivity index (χ1v) is 8.00. The van der Waals surface area contributed by atoms with Gasteiger partial charge in [0.05, 0.1) is 18.3 Å². The van der Waals surface area contributed by atoms with E-state index in [-0.39, 0.29) is 12.1 Å². The topological polar surface area (TPSA) is 34.2 Å². The lowest BCUT2D eigenvalue weighted by Crippen LogP contribution is -2.22. The van der Waals surface area contributed by atoms with Crippen molar-refractivity contribution in [2.24, 2.45) is 0 Å². The van der Waals surface area contributed by atoms with Gasteiger partial charge >= 0.3 is 0 Å². The minimum absolute atomic E-state index is 0.107. The molecule has 0 amide bonds. The van der Waals surface area contributed by atoms with Crippen molar-refractivity contribution in [2.45, 2.75) is 32.9 Å². The SMILES string of the molecule is CCNC(c1cccc(Br)c1)c1cncc(OC(C)C)c1. The fraction of sp³-hybridized carbons (Fsp3) is 0.353. The predicted molar refractivity (Wildman–Crippen MR) is 89.7 cm³/mol.